The lowest BCUT2D eigenvalue weighted by Crippen LogP contribution is -2.37. The van der Waals surface area contributed by atoms with E-state index in [4.69, 9.17) is 14.6 Å². The van der Waals surface area contributed by atoms with Crippen molar-refractivity contribution >= 4 is 12.2 Å². The van der Waals surface area contributed by atoms with Crippen molar-refractivity contribution in [2.45, 2.75) is 39.0 Å². The minimum atomic E-state index is -1.11. The number of amides is 1. The zero-order valence-corrected chi connectivity index (χ0v) is 12.7. The van der Waals surface area contributed by atoms with Crippen LogP contribution in [-0.2, 0) is 11.3 Å². The minimum Gasteiger partial charge on any atom is -0.465 e. The number of benzene rings is 1. The summed E-state index contributed by atoms with van der Waals surface area (Å²) in [5.74, 6) is 0.243. The number of rotatable bonds is 1. The van der Waals surface area contributed by atoms with Gasteiger partial charge in [0.15, 0.2) is 0 Å². The van der Waals surface area contributed by atoms with Crippen molar-refractivity contribution in [1.29, 1.82) is 0 Å². The monoisotopic (exact) mass is 309 g/mol. The van der Waals surface area contributed by atoms with Gasteiger partial charge in [0.1, 0.15) is 11.4 Å². The maximum absolute atomic E-state index is 11.6. The Labute approximate surface area is 128 Å². The van der Waals surface area contributed by atoms with Crippen molar-refractivity contribution in [3.05, 3.63) is 29.3 Å². The summed E-state index contributed by atoms with van der Waals surface area (Å²) in [6.07, 6.45) is -2.84. The van der Waals surface area contributed by atoms with Gasteiger partial charge in [0.05, 0.1) is 12.6 Å². The van der Waals surface area contributed by atoms with E-state index in [1.54, 1.807) is 32.9 Å². The summed E-state index contributed by atoms with van der Waals surface area (Å²) in [5, 5.41) is 19.0. The Morgan fingerprint density at radius 2 is 2.00 bits per heavy atom. The molecule has 0 spiro atoms. The molecule has 0 saturated heterocycles. The molecule has 2 rings (SSSR count). The van der Waals surface area contributed by atoms with Gasteiger partial charge in [-0.15, -0.1) is 0 Å². The standard InChI is InChI=1S/C15H19NO6/c1-15(2,3)22-14(20)21-10-4-5-11-9(6-10)7-16(13(18)19)8-12(11)17/h4-6,12,17H,7-8H2,1-3H3,(H,18,19). The normalized spacial score (nSPS) is 17.6. The molecule has 1 amide bonds. The molecule has 0 aliphatic carbocycles. The van der Waals surface area contributed by atoms with Gasteiger partial charge in [0.25, 0.3) is 0 Å². The number of carboxylic acid groups (broad SMARTS) is 1. The molecule has 1 aromatic carbocycles. The second-order valence-corrected chi connectivity index (χ2v) is 6.11. The third kappa shape index (κ3) is 3.88. The second kappa shape index (κ2) is 5.84. The molecular weight excluding hydrogens is 290 g/mol. The van der Waals surface area contributed by atoms with Crippen LogP contribution in [0, 0.1) is 0 Å². The Morgan fingerprint density at radius 3 is 2.59 bits per heavy atom. The van der Waals surface area contributed by atoms with E-state index in [-0.39, 0.29) is 18.8 Å². The molecule has 1 heterocycles. The summed E-state index contributed by atoms with van der Waals surface area (Å²) in [4.78, 5) is 23.8. The first-order valence-corrected chi connectivity index (χ1v) is 6.85. The van der Waals surface area contributed by atoms with Crippen molar-refractivity contribution in [2.24, 2.45) is 0 Å². The predicted octanol–water partition coefficient (Wildman–Crippen LogP) is 2.53. The van der Waals surface area contributed by atoms with Gasteiger partial charge >= 0.3 is 12.2 Å². The highest BCUT2D eigenvalue weighted by Crippen LogP contribution is 2.30. The number of nitrogens with zero attached hydrogens (tertiary/aromatic N) is 1. The van der Waals surface area contributed by atoms with E-state index in [0.717, 1.165) is 4.90 Å². The summed E-state index contributed by atoms with van der Waals surface area (Å²) in [7, 11) is 0. The first kappa shape index (κ1) is 16.1. The molecule has 22 heavy (non-hydrogen) atoms. The molecule has 2 N–H and O–H groups in total. The fourth-order valence-electron chi connectivity index (χ4n) is 2.20. The van der Waals surface area contributed by atoms with E-state index >= 15 is 0 Å². The third-order valence-electron chi connectivity index (χ3n) is 3.09. The molecular formula is C15H19NO6. The average molecular weight is 309 g/mol. The van der Waals surface area contributed by atoms with Crippen LogP contribution in [-0.4, -0.2) is 39.5 Å². The van der Waals surface area contributed by atoms with Gasteiger partial charge in [-0.25, -0.2) is 9.59 Å². The molecule has 1 aromatic rings. The summed E-state index contributed by atoms with van der Waals surface area (Å²) >= 11 is 0. The maximum Gasteiger partial charge on any atom is 0.514 e. The number of β-amino-alcohol motifs (C(OH)–C–C–N with tert-alkyl or cyclic N) is 1. The highest BCUT2D eigenvalue weighted by atomic mass is 16.7. The van der Waals surface area contributed by atoms with Crippen molar-refractivity contribution in [3.63, 3.8) is 0 Å². The van der Waals surface area contributed by atoms with Gasteiger partial charge < -0.3 is 24.6 Å². The van der Waals surface area contributed by atoms with Gasteiger partial charge in [-0.2, -0.15) is 0 Å². The van der Waals surface area contributed by atoms with Crippen molar-refractivity contribution in [3.8, 4) is 5.75 Å². The Hall–Kier alpha value is -2.28. The van der Waals surface area contributed by atoms with Crippen LogP contribution in [0.4, 0.5) is 9.59 Å². The molecule has 0 radical (unpaired) electrons. The Kier molecular flexibility index (Phi) is 4.27. The van der Waals surface area contributed by atoms with Crippen LogP contribution in [0.25, 0.3) is 0 Å². The number of hydrogen-bond acceptors (Lipinski definition) is 5. The number of aliphatic hydroxyl groups excluding tert-OH is 1. The van der Waals surface area contributed by atoms with Crippen LogP contribution < -0.4 is 4.74 Å². The minimum absolute atomic E-state index is 0.0224. The lowest BCUT2D eigenvalue weighted by molar-refractivity contribution is 0.0205. The number of carbonyl (C=O) groups excluding carboxylic acids is 1. The van der Waals surface area contributed by atoms with Gasteiger partial charge in [-0.1, -0.05) is 6.07 Å². The smallest absolute Gasteiger partial charge is 0.465 e. The predicted molar refractivity (Wildman–Crippen MR) is 76.7 cm³/mol. The molecule has 1 atom stereocenters. The van der Waals surface area contributed by atoms with Crippen molar-refractivity contribution < 1.29 is 29.3 Å². The third-order valence-corrected chi connectivity index (χ3v) is 3.09. The molecule has 0 bridgehead atoms. The zero-order valence-electron chi connectivity index (χ0n) is 12.7. The van der Waals surface area contributed by atoms with Gasteiger partial charge in [-0.05, 0) is 44.0 Å². The maximum atomic E-state index is 11.6. The second-order valence-electron chi connectivity index (χ2n) is 6.11. The highest BCUT2D eigenvalue weighted by molar-refractivity contribution is 5.66. The largest absolute Gasteiger partial charge is 0.514 e. The van der Waals surface area contributed by atoms with E-state index in [0.29, 0.717) is 11.1 Å². The summed E-state index contributed by atoms with van der Waals surface area (Å²) < 4.78 is 10.1. The topological polar surface area (TPSA) is 96.3 Å². The number of fused-ring (bicyclic) bond motifs is 1. The Morgan fingerprint density at radius 1 is 1.32 bits per heavy atom. The summed E-state index contributed by atoms with van der Waals surface area (Å²) in [5.41, 5.74) is 0.568. The van der Waals surface area contributed by atoms with Crippen LogP contribution in [0.15, 0.2) is 18.2 Å². The first-order valence-electron chi connectivity index (χ1n) is 6.85. The van der Waals surface area contributed by atoms with E-state index in [9.17, 15) is 14.7 Å². The van der Waals surface area contributed by atoms with E-state index < -0.39 is 24.0 Å². The lowest BCUT2D eigenvalue weighted by atomic mass is 9.97. The summed E-state index contributed by atoms with van der Waals surface area (Å²) in [6.45, 7) is 5.33. The molecule has 0 aromatic heterocycles. The number of carbonyl (C=O) groups is 2. The number of ether oxygens (including phenoxy) is 2. The molecule has 0 fully saturated rings. The van der Waals surface area contributed by atoms with E-state index in [1.165, 1.54) is 6.07 Å². The fourth-order valence-corrected chi connectivity index (χ4v) is 2.20. The van der Waals surface area contributed by atoms with Crippen molar-refractivity contribution in [1.82, 2.24) is 4.90 Å². The van der Waals surface area contributed by atoms with Crippen LogP contribution in [0.3, 0.4) is 0 Å². The quantitative estimate of drug-likeness (QED) is 0.611. The van der Waals surface area contributed by atoms with Crippen LogP contribution in [0.5, 0.6) is 5.75 Å². The Balaban J connectivity index is 2.15. The summed E-state index contributed by atoms with van der Waals surface area (Å²) in [6, 6.07) is 4.71. The Bertz CT molecular complexity index is 592. The molecule has 0 saturated carbocycles. The zero-order chi connectivity index (χ0) is 16.5. The number of aliphatic hydroxyl groups is 1. The highest BCUT2D eigenvalue weighted by Gasteiger charge is 2.27. The van der Waals surface area contributed by atoms with Crippen LogP contribution >= 0.6 is 0 Å². The lowest BCUT2D eigenvalue weighted by Gasteiger charge is -2.30. The average Bonchev–Trinajstić information content (AvgIpc) is 2.35. The van der Waals surface area contributed by atoms with Crippen LogP contribution in [0.2, 0.25) is 0 Å². The number of hydrogen-bond donors (Lipinski definition) is 2. The molecule has 1 aliphatic rings. The first-order chi connectivity index (χ1) is 10.2. The van der Waals surface area contributed by atoms with Crippen molar-refractivity contribution in [2.75, 3.05) is 6.54 Å². The van der Waals surface area contributed by atoms with E-state index in [1.807, 2.05) is 0 Å². The van der Waals surface area contributed by atoms with E-state index in [2.05, 4.69) is 0 Å². The fraction of sp³-hybridized carbons (Fsp3) is 0.467. The van der Waals surface area contributed by atoms with Gasteiger partial charge in [0.2, 0.25) is 0 Å². The van der Waals surface area contributed by atoms with Gasteiger partial charge in [0, 0.05) is 6.54 Å². The van der Waals surface area contributed by atoms with Gasteiger partial charge in [-0.3, -0.25) is 0 Å². The van der Waals surface area contributed by atoms with Crippen LogP contribution in [0.1, 0.15) is 38.0 Å². The molecule has 120 valence electrons. The SMILES string of the molecule is CC(C)(C)OC(=O)Oc1ccc2c(c1)CN(C(=O)O)CC2O. The molecule has 1 unspecified atom stereocenters. The molecule has 7 heteroatoms. The molecule has 1 aliphatic heterocycles. The molecule has 7 nitrogen and oxygen atoms in total.